The maximum atomic E-state index is 12.3. The van der Waals surface area contributed by atoms with Crippen LogP contribution in [0.1, 0.15) is 11.7 Å². The summed E-state index contributed by atoms with van der Waals surface area (Å²) in [5, 5.41) is 4.42. The second kappa shape index (κ2) is 5.84. The molecule has 3 aromatic rings. The van der Waals surface area contributed by atoms with Crippen LogP contribution in [-0.4, -0.2) is 33.4 Å². The third-order valence-electron chi connectivity index (χ3n) is 3.09. The van der Waals surface area contributed by atoms with E-state index in [0.717, 1.165) is 0 Å². The van der Waals surface area contributed by atoms with Crippen LogP contribution in [0.5, 0.6) is 0 Å². The molecule has 0 aliphatic carbocycles. The number of hydrogen-bond acceptors (Lipinski definition) is 6. The van der Waals surface area contributed by atoms with Crippen LogP contribution in [0.25, 0.3) is 10.9 Å². The molecule has 0 unspecified atom stereocenters. The fourth-order valence-corrected chi connectivity index (χ4v) is 2.03. The summed E-state index contributed by atoms with van der Waals surface area (Å²) in [5.74, 6) is 0.966. The smallest absolute Gasteiger partial charge is 0.260 e. The summed E-state index contributed by atoms with van der Waals surface area (Å²) in [7, 11) is 1.61. The van der Waals surface area contributed by atoms with E-state index in [9.17, 15) is 4.79 Å². The minimum Gasteiger partial charge on any atom is -0.384 e. The summed E-state index contributed by atoms with van der Waals surface area (Å²) in [6.45, 7) is 0.768. The third kappa shape index (κ3) is 2.82. The van der Waals surface area contributed by atoms with Crippen molar-refractivity contribution in [1.82, 2.24) is 19.7 Å². The zero-order valence-electron chi connectivity index (χ0n) is 11.5. The van der Waals surface area contributed by atoms with Crippen molar-refractivity contribution in [3.05, 3.63) is 52.7 Å². The van der Waals surface area contributed by atoms with Crippen LogP contribution < -0.4 is 5.56 Å². The molecule has 108 valence electrons. The van der Waals surface area contributed by atoms with Gasteiger partial charge in [0.15, 0.2) is 5.82 Å². The molecular weight excluding hydrogens is 272 g/mol. The maximum Gasteiger partial charge on any atom is 0.260 e. The summed E-state index contributed by atoms with van der Waals surface area (Å²) in [6, 6.07) is 5.28. The summed E-state index contributed by atoms with van der Waals surface area (Å²) in [6.07, 6.45) is 3.92. The van der Waals surface area contributed by atoms with Gasteiger partial charge in [0.2, 0.25) is 5.89 Å². The number of rotatable bonds is 5. The molecular formula is C14H14N4O3. The normalized spacial score (nSPS) is 11.1. The fourth-order valence-electron chi connectivity index (χ4n) is 2.03. The molecule has 0 radical (unpaired) electrons. The van der Waals surface area contributed by atoms with Crippen LogP contribution in [0.2, 0.25) is 0 Å². The van der Waals surface area contributed by atoms with Gasteiger partial charge in [-0.1, -0.05) is 5.16 Å². The largest absolute Gasteiger partial charge is 0.384 e. The molecule has 0 saturated carbocycles. The van der Waals surface area contributed by atoms with Gasteiger partial charge in [0.25, 0.3) is 5.56 Å². The lowest BCUT2D eigenvalue weighted by atomic mass is 10.2. The van der Waals surface area contributed by atoms with Gasteiger partial charge in [-0.05, 0) is 18.2 Å². The summed E-state index contributed by atoms with van der Waals surface area (Å²) in [5.41, 5.74) is 0.544. The van der Waals surface area contributed by atoms with Gasteiger partial charge in [0.1, 0.15) is 6.54 Å². The fraction of sp³-hybridized carbons (Fsp3) is 0.286. The molecule has 0 N–H and O–H groups in total. The number of methoxy groups -OCH3 is 1. The van der Waals surface area contributed by atoms with Gasteiger partial charge in [-0.15, -0.1) is 0 Å². The van der Waals surface area contributed by atoms with E-state index < -0.39 is 0 Å². The number of pyridine rings is 2. The molecule has 3 rings (SSSR count). The summed E-state index contributed by atoms with van der Waals surface area (Å²) in [4.78, 5) is 20.7. The Hall–Kier alpha value is -2.54. The monoisotopic (exact) mass is 286 g/mol. The minimum atomic E-state index is -0.128. The Balaban J connectivity index is 1.86. The number of hydrogen-bond donors (Lipinski definition) is 0. The molecule has 0 aliphatic heterocycles. The van der Waals surface area contributed by atoms with Crippen molar-refractivity contribution in [3.8, 4) is 0 Å². The molecule has 0 aliphatic rings. The van der Waals surface area contributed by atoms with E-state index in [1.807, 2.05) is 0 Å². The average Bonchev–Trinajstić information content (AvgIpc) is 2.96. The van der Waals surface area contributed by atoms with Crippen LogP contribution in [0.3, 0.4) is 0 Å². The quantitative estimate of drug-likeness (QED) is 0.696. The SMILES string of the molecule is COCCc1noc(Cn2ccc3ncccc3c2=O)n1. The highest BCUT2D eigenvalue weighted by molar-refractivity contribution is 5.76. The predicted octanol–water partition coefficient (Wildman–Crippen LogP) is 1.02. The zero-order chi connectivity index (χ0) is 14.7. The number of nitrogens with zero attached hydrogens (tertiary/aromatic N) is 4. The lowest BCUT2D eigenvalue weighted by Crippen LogP contribution is -2.20. The van der Waals surface area contributed by atoms with Gasteiger partial charge in [0.05, 0.1) is 17.5 Å². The second-order valence-corrected chi connectivity index (χ2v) is 4.53. The van der Waals surface area contributed by atoms with E-state index in [1.54, 1.807) is 37.7 Å². The first-order chi connectivity index (χ1) is 10.3. The number of aromatic nitrogens is 4. The number of ether oxygens (including phenoxy) is 1. The first-order valence-electron chi connectivity index (χ1n) is 6.52. The average molecular weight is 286 g/mol. The molecule has 7 nitrogen and oxygen atoms in total. The second-order valence-electron chi connectivity index (χ2n) is 4.53. The van der Waals surface area contributed by atoms with Gasteiger partial charge in [-0.3, -0.25) is 9.78 Å². The van der Waals surface area contributed by atoms with Crippen LogP contribution in [0, 0.1) is 0 Å². The van der Waals surface area contributed by atoms with Crippen molar-refractivity contribution in [3.63, 3.8) is 0 Å². The first-order valence-corrected chi connectivity index (χ1v) is 6.52. The van der Waals surface area contributed by atoms with E-state index >= 15 is 0 Å². The van der Waals surface area contributed by atoms with E-state index in [2.05, 4.69) is 15.1 Å². The molecule has 0 saturated heterocycles. The van der Waals surface area contributed by atoms with Crippen LogP contribution in [0.4, 0.5) is 0 Å². The molecule has 0 fully saturated rings. The van der Waals surface area contributed by atoms with Crippen LogP contribution >= 0.6 is 0 Å². The molecule has 0 atom stereocenters. The highest BCUT2D eigenvalue weighted by atomic mass is 16.5. The molecule has 0 spiro atoms. The Morgan fingerprint density at radius 3 is 3.14 bits per heavy atom. The van der Waals surface area contributed by atoms with Crippen molar-refractivity contribution in [2.24, 2.45) is 0 Å². The Morgan fingerprint density at radius 2 is 2.29 bits per heavy atom. The standard InChI is InChI=1S/C14H14N4O3/c1-20-8-5-12-16-13(21-17-12)9-18-7-4-11-10(14(18)19)3-2-6-15-11/h2-4,6-7H,5,8-9H2,1H3. The Labute approximate surface area is 120 Å². The Bertz CT molecular complexity index is 809. The third-order valence-corrected chi connectivity index (χ3v) is 3.09. The molecule has 0 bridgehead atoms. The predicted molar refractivity (Wildman–Crippen MR) is 75.0 cm³/mol. The van der Waals surface area contributed by atoms with E-state index in [1.165, 1.54) is 4.57 Å². The lowest BCUT2D eigenvalue weighted by molar-refractivity contribution is 0.199. The molecule has 3 aromatic heterocycles. The molecule has 0 aromatic carbocycles. The summed E-state index contributed by atoms with van der Waals surface area (Å²) < 4.78 is 11.6. The number of fused-ring (bicyclic) bond motifs is 1. The van der Waals surface area contributed by atoms with E-state index in [0.29, 0.717) is 35.6 Å². The molecule has 3 heterocycles. The van der Waals surface area contributed by atoms with Crippen molar-refractivity contribution < 1.29 is 9.26 Å². The van der Waals surface area contributed by atoms with Gasteiger partial charge in [0, 0.05) is 25.9 Å². The Morgan fingerprint density at radius 1 is 1.38 bits per heavy atom. The van der Waals surface area contributed by atoms with Gasteiger partial charge in [-0.25, -0.2) is 0 Å². The van der Waals surface area contributed by atoms with Crippen molar-refractivity contribution in [2.75, 3.05) is 13.7 Å². The van der Waals surface area contributed by atoms with Gasteiger partial charge < -0.3 is 13.8 Å². The lowest BCUT2D eigenvalue weighted by Gasteiger charge is -2.03. The zero-order valence-corrected chi connectivity index (χ0v) is 11.5. The highest BCUT2D eigenvalue weighted by Gasteiger charge is 2.09. The van der Waals surface area contributed by atoms with Gasteiger partial charge in [-0.2, -0.15) is 4.98 Å². The van der Waals surface area contributed by atoms with Gasteiger partial charge >= 0.3 is 0 Å². The molecule has 0 amide bonds. The molecule has 21 heavy (non-hydrogen) atoms. The van der Waals surface area contributed by atoms with E-state index in [4.69, 9.17) is 9.26 Å². The molecule has 7 heteroatoms. The topological polar surface area (TPSA) is 83.0 Å². The van der Waals surface area contributed by atoms with Crippen molar-refractivity contribution in [1.29, 1.82) is 0 Å². The van der Waals surface area contributed by atoms with E-state index in [-0.39, 0.29) is 12.1 Å². The van der Waals surface area contributed by atoms with Crippen LogP contribution in [-0.2, 0) is 17.7 Å². The summed E-state index contributed by atoms with van der Waals surface area (Å²) >= 11 is 0. The Kier molecular flexibility index (Phi) is 3.74. The van der Waals surface area contributed by atoms with Crippen molar-refractivity contribution >= 4 is 10.9 Å². The van der Waals surface area contributed by atoms with Crippen LogP contribution in [0.15, 0.2) is 39.9 Å². The highest BCUT2D eigenvalue weighted by Crippen LogP contribution is 2.06. The first kappa shape index (κ1) is 13.4. The van der Waals surface area contributed by atoms with Crippen molar-refractivity contribution in [2.45, 2.75) is 13.0 Å². The maximum absolute atomic E-state index is 12.3. The minimum absolute atomic E-state index is 0.128.